The third kappa shape index (κ3) is 4.50. The molecule has 8 nitrogen and oxygen atoms in total. The summed E-state index contributed by atoms with van der Waals surface area (Å²) in [4.78, 5) is 52.2. The van der Waals surface area contributed by atoms with E-state index in [1.807, 2.05) is 30.5 Å². The van der Waals surface area contributed by atoms with Gasteiger partial charge in [0.2, 0.25) is 0 Å². The molecular formula is C34H32ClN3O5. The second kappa shape index (κ2) is 9.95. The Morgan fingerprint density at radius 2 is 1.53 bits per heavy atom. The summed E-state index contributed by atoms with van der Waals surface area (Å²) in [6.45, 7) is 3.65. The Hall–Kier alpha value is -4.17. The van der Waals surface area contributed by atoms with Gasteiger partial charge >= 0.3 is 12.0 Å². The molecule has 1 aliphatic heterocycles. The fourth-order valence-corrected chi connectivity index (χ4v) is 8.82. The predicted octanol–water partition coefficient (Wildman–Crippen LogP) is 6.58. The minimum atomic E-state index is -1.14. The summed E-state index contributed by atoms with van der Waals surface area (Å²) in [5.41, 5.74) is 4.33. The first-order chi connectivity index (χ1) is 20.5. The molecule has 0 radical (unpaired) electrons. The van der Waals surface area contributed by atoms with Crippen molar-refractivity contribution in [1.82, 2.24) is 9.88 Å². The first kappa shape index (κ1) is 27.7. The maximum atomic E-state index is 13.7. The number of aryl methyl sites for hydroxylation is 1. The van der Waals surface area contributed by atoms with Gasteiger partial charge in [-0.15, -0.1) is 0 Å². The molecule has 1 saturated heterocycles. The first-order valence-electron chi connectivity index (χ1n) is 14.8. The number of nitrogens with zero attached hydrogens (tertiary/aromatic N) is 2. The third-order valence-electron chi connectivity index (χ3n) is 10.1. The van der Waals surface area contributed by atoms with Crippen molar-refractivity contribution in [2.45, 2.75) is 57.8 Å². The fraction of sp³-hybridized carbons (Fsp3) is 0.353. The van der Waals surface area contributed by atoms with Crippen LogP contribution in [0.5, 0.6) is 0 Å². The van der Waals surface area contributed by atoms with E-state index >= 15 is 0 Å². The molecule has 5 fully saturated rings. The van der Waals surface area contributed by atoms with E-state index in [0.29, 0.717) is 22.6 Å². The molecule has 8 rings (SSSR count). The highest BCUT2D eigenvalue weighted by atomic mass is 35.5. The van der Waals surface area contributed by atoms with E-state index in [2.05, 4.69) is 17.4 Å². The number of hydrogen-bond acceptors (Lipinski definition) is 4. The number of nitrogens with one attached hydrogen (secondary N) is 1. The molecule has 2 N–H and O–H groups in total. The maximum Gasteiger partial charge on any atom is 0.337 e. The van der Waals surface area contributed by atoms with Crippen molar-refractivity contribution in [2.75, 3.05) is 4.90 Å². The second-order valence-electron chi connectivity index (χ2n) is 12.8. The molecule has 0 unspecified atom stereocenters. The van der Waals surface area contributed by atoms with Crippen molar-refractivity contribution >= 4 is 47.2 Å². The Morgan fingerprint density at radius 1 is 0.930 bits per heavy atom. The first-order valence-corrected chi connectivity index (χ1v) is 15.1. The number of hydrogen-bond donors (Lipinski definition) is 2. The number of carboxylic acid groups (broad SMARTS) is 1. The quantitative estimate of drug-likeness (QED) is 0.255. The zero-order valence-corrected chi connectivity index (χ0v) is 24.8. The van der Waals surface area contributed by atoms with Gasteiger partial charge in [-0.3, -0.25) is 14.9 Å². The summed E-state index contributed by atoms with van der Waals surface area (Å²) in [6, 6.07) is 13.5. The summed E-state index contributed by atoms with van der Waals surface area (Å²) >= 11 is 6.06. The van der Waals surface area contributed by atoms with Crippen molar-refractivity contribution in [3.05, 3.63) is 87.2 Å². The number of carboxylic acids is 1. The number of aromatic nitrogens is 1. The molecule has 4 amide bonds. The van der Waals surface area contributed by atoms with E-state index in [-0.39, 0.29) is 21.6 Å². The van der Waals surface area contributed by atoms with Crippen molar-refractivity contribution in [1.29, 1.82) is 0 Å². The molecule has 2 aromatic carbocycles. The van der Waals surface area contributed by atoms with Crippen molar-refractivity contribution < 1.29 is 24.3 Å². The highest BCUT2D eigenvalue weighted by Gasteiger charge is 2.51. The fourth-order valence-electron chi connectivity index (χ4n) is 8.62. The number of carbonyl (C=O) groups is 4. The predicted molar refractivity (Wildman–Crippen MR) is 163 cm³/mol. The molecule has 220 valence electrons. The van der Waals surface area contributed by atoms with Gasteiger partial charge in [0.25, 0.3) is 11.8 Å². The van der Waals surface area contributed by atoms with Gasteiger partial charge in [0.1, 0.15) is 5.57 Å². The number of carbonyl (C=O) groups excluding carboxylic acids is 3. The van der Waals surface area contributed by atoms with Crippen LogP contribution in [0.3, 0.4) is 0 Å². The summed E-state index contributed by atoms with van der Waals surface area (Å²) in [7, 11) is 0. The van der Waals surface area contributed by atoms with Crippen LogP contribution in [0.15, 0.2) is 54.1 Å². The highest BCUT2D eigenvalue weighted by Crippen LogP contribution is 2.60. The topological polar surface area (TPSA) is 109 Å². The average molecular weight is 598 g/mol. The maximum absolute atomic E-state index is 13.7. The number of urea groups is 1. The average Bonchev–Trinajstić information content (AvgIpc) is 3.23. The van der Waals surface area contributed by atoms with E-state index < -0.39 is 23.8 Å². The molecule has 4 aliphatic carbocycles. The van der Waals surface area contributed by atoms with E-state index in [9.17, 15) is 24.3 Å². The van der Waals surface area contributed by atoms with Crippen LogP contribution >= 0.6 is 11.6 Å². The number of benzene rings is 2. The van der Waals surface area contributed by atoms with Crippen LogP contribution in [0.1, 0.15) is 71.4 Å². The molecule has 1 aromatic heterocycles. The van der Waals surface area contributed by atoms with E-state index in [1.54, 1.807) is 12.1 Å². The lowest BCUT2D eigenvalue weighted by Gasteiger charge is -2.57. The van der Waals surface area contributed by atoms with Crippen LogP contribution < -0.4 is 10.2 Å². The summed E-state index contributed by atoms with van der Waals surface area (Å²) in [5, 5.41) is 12.0. The van der Waals surface area contributed by atoms with Crippen molar-refractivity contribution in [3.63, 3.8) is 0 Å². The number of barbiturate groups is 1. The normalized spacial score (nSPS) is 27.2. The Morgan fingerprint density at radius 3 is 2.14 bits per heavy atom. The van der Waals surface area contributed by atoms with E-state index in [1.165, 1.54) is 62.3 Å². The van der Waals surface area contributed by atoms with Gasteiger partial charge in [-0.1, -0.05) is 23.7 Å². The van der Waals surface area contributed by atoms with Crippen LogP contribution in [0.2, 0.25) is 5.02 Å². The Bertz CT molecular complexity index is 1720. The van der Waals surface area contributed by atoms with Gasteiger partial charge in [-0.25, -0.2) is 14.5 Å². The SMILES string of the molecule is Cc1cc(/C=C2\C(=O)NC(=O)N(c3ccc(C45CC6CC(CC(C6)C4)C5)cc3)C2=O)c(C)n1-c1ccc(Cl)c(C(=O)O)c1. The van der Waals surface area contributed by atoms with Gasteiger partial charge in [0.05, 0.1) is 16.3 Å². The van der Waals surface area contributed by atoms with Crippen LogP contribution in [0, 0.1) is 31.6 Å². The lowest BCUT2D eigenvalue weighted by atomic mass is 9.48. The van der Waals surface area contributed by atoms with Gasteiger partial charge in [-0.05, 0) is 129 Å². The highest BCUT2D eigenvalue weighted by molar-refractivity contribution is 6.39. The number of imide groups is 2. The molecule has 5 aliphatic rings. The number of rotatable bonds is 5. The third-order valence-corrected chi connectivity index (χ3v) is 10.4. The second-order valence-corrected chi connectivity index (χ2v) is 13.2. The smallest absolute Gasteiger partial charge is 0.337 e. The Labute approximate surface area is 254 Å². The van der Waals surface area contributed by atoms with Crippen LogP contribution in [0.4, 0.5) is 10.5 Å². The number of anilines is 1. The van der Waals surface area contributed by atoms with Gasteiger partial charge in [-0.2, -0.15) is 0 Å². The zero-order chi connectivity index (χ0) is 30.2. The molecule has 0 atom stereocenters. The number of amides is 4. The standard InChI is InChI=1S/C34H32ClN3O5/c1-18-9-23(19(2)37(18)26-7-8-29(35)27(14-26)32(41)42)13-28-30(39)36-33(43)38(31(28)40)25-5-3-24(4-6-25)34-15-20-10-21(16-34)12-22(11-20)17-34/h3-9,13-14,20-22H,10-12,15-17H2,1-2H3,(H,41,42)(H,36,39,43)/b28-13+. The molecule has 0 spiro atoms. The molecular weight excluding hydrogens is 566 g/mol. The summed E-state index contributed by atoms with van der Waals surface area (Å²) in [6.07, 6.45) is 9.20. The monoisotopic (exact) mass is 597 g/mol. The molecule has 43 heavy (non-hydrogen) atoms. The largest absolute Gasteiger partial charge is 0.478 e. The minimum absolute atomic E-state index is 0.0308. The molecule has 3 aromatic rings. The zero-order valence-electron chi connectivity index (χ0n) is 24.0. The van der Waals surface area contributed by atoms with Crippen molar-refractivity contribution in [2.24, 2.45) is 17.8 Å². The summed E-state index contributed by atoms with van der Waals surface area (Å²) in [5.74, 6) is -0.182. The lowest BCUT2D eigenvalue weighted by Crippen LogP contribution is -2.54. The van der Waals surface area contributed by atoms with Gasteiger partial charge in [0, 0.05) is 17.1 Å². The minimum Gasteiger partial charge on any atom is -0.478 e. The molecule has 2 heterocycles. The van der Waals surface area contributed by atoms with Gasteiger partial charge < -0.3 is 9.67 Å². The lowest BCUT2D eigenvalue weighted by molar-refractivity contribution is -0.122. The van der Waals surface area contributed by atoms with Crippen molar-refractivity contribution in [3.8, 4) is 5.69 Å². The Balaban J connectivity index is 1.19. The summed E-state index contributed by atoms with van der Waals surface area (Å²) < 4.78 is 1.83. The number of aromatic carboxylic acids is 1. The Kier molecular flexibility index (Phi) is 6.40. The van der Waals surface area contributed by atoms with Crippen LogP contribution in [-0.4, -0.2) is 33.5 Å². The van der Waals surface area contributed by atoms with Gasteiger partial charge in [0.15, 0.2) is 0 Å². The molecule has 4 saturated carbocycles. The van der Waals surface area contributed by atoms with Crippen LogP contribution in [0.25, 0.3) is 11.8 Å². The van der Waals surface area contributed by atoms with E-state index in [4.69, 9.17) is 11.6 Å². The van der Waals surface area contributed by atoms with E-state index in [0.717, 1.165) is 28.3 Å². The van der Waals surface area contributed by atoms with Crippen LogP contribution in [-0.2, 0) is 15.0 Å². The number of halogens is 1. The molecule has 9 heteroatoms. The molecule has 4 bridgehead atoms.